The van der Waals surface area contributed by atoms with Crippen LogP contribution in [0.5, 0.6) is 0 Å². The Labute approximate surface area is 581 Å². The summed E-state index contributed by atoms with van der Waals surface area (Å²) in [6, 6.07) is -15.6. The first-order valence-corrected chi connectivity index (χ1v) is 36.7. The van der Waals surface area contributed by atoms with E-state index in [1.54, 1.807) is 81.4 Å². The highest BCUT2D eigenvalue weighted by atomic mass is 32.2. The van der Waals surface area contributed by atoms with E-state index < -0.39 is 182 Å². The Morgan fingerprint density at radius 1 is 0.536 bits per heavy atom. The molecule has 14 atom stereocenters. The van der Waals surface area contributed by atoms with Gasteiger partial charge in [-0.05, 0) is 129 Å². The van der Waals surface area contributed by atoms with Gasteiger partial charge in [-0.3, -0.25) is 52.7 Å². The van der Waals surface area contributed by atoms with Gasteiger partial charge in [0.2, 0.25) is 65.0 Å². The first kappa shape index (κ1) is 86.9. The summed E-state index contributed by atoms with van der Waals surface area (Å²) in [7, 11) is 5.20. The van der Waals surface area contributed by atoms with E-state index in [4.69, 9.17) is 0 Å². The molecule has 26 nitrogen and oxygen atoms in total. The second-order valence-electron chi connectivity index (χ2n) is 30.0. The third kappa shape index (κ3) is 21.6. The summed E-state index contributed by atoms with van der Waals surface area (Å²) in [6.45, 7) is 35.4. The van der Waals surface area contributed by atoms with Gasteiger partial charge in [0.15, 0.2) is 9.84 Å². The van der Waals surface area contributed by atoms with E-state index >= 15 is 33.6 Å². The maximum absolute atomic E-state index is 15.6. The molecule has 0 saturated carbocycles. The third-order valence-corrected chi connectivity index (χ3v) is 22.3. The zero-order valence-corrected chi connectivity index (χ0v) is 64.7. The summed E-state index contributed by atoms with van der Waals surface area (Å²) in [5, 5.41) is 20.7. The number of nitrogens with zero attached hydrogens (tertiary/aromatic N) is 9. The lowest BCUT2D eigenvalue weighted by Crippen LogP contribution is -2.64. The maximum atomic E-state index is 15.6. The molecule has 0 aromatic carbocycles. The van der Waals surface area contributed by atoms with E-state index in [1.165, 1.54) is 102 Å². The fourth-order valence-electron chi connectivity index (χ4n) is 13.2. The Morgan fingerprint density at radius 2 is 0.990 bits per heavy atom. The fraction of sp³-hybridized carbons (Fsp3) is 0.814. The molecule has 27 heteroatoms. The maximum Gasteiger partial charge on any atom is 0.246 e. The molecule has 2 aliphatic rings. The molecule has 0 radical (unpaired) electrons. The number of nitrogens with one attached hydrogen (secondary N) is 3. The van der Waals surface area contributed by atoms with Crippen molar-refractivity contribution in [3.63, 3.8) is 0 Å². The lowest BCUT2D eigenvalue weighted by atomic mass is 9.91. The van der Waals surface area contributed by atoms with Crippen LogP contribution in [0.3, 0.4) is 0 Å². The summed E-state index contributed by atoms with van der Waals surface area (Å²) in [5.74, 6) is -11.8. The molecule has 11 amide bonds. The van der Waals surface area contributed by atoms with Crippen molar-refractivity contribution in [2.24, 2.45) is 35.5 Å². The molecule has 2 aliphatic heterocycles. The van der Waals surface area contributed by atoms with Crippen molar-refractivity contribution in [3.05, 3.63) is 12.2 Å². The van der Waals surface area contributed by atoms with E-state index in [0.29, 0.717) is 13.1 Å². The van der Waals surface area contributed by atoms with Crippen LogP contribution >= 0.6 is 0 Å². The van der Waals surface area contributed by atoms with Crippen LogP contribution < -0.4 is 16.0 Å². The third-order valence-electron chi connectivity index (χ3n) is 19.7. The molecule has 2 fully saturated rings. The molecule has 4 N–H and O–H groups in total. The Balaban J connectivity index is 3.21. The van der Waals surface area contributed by atoms with Gasteiger partial charge in [-0.15, -0.1) is 0 Å². The normalized spacial score (nSPS) is 27.5. The number of likely N-dealkylation sites (N-methyl/N-ethyl adjacent to an activating group) is 7. The minimum Gasteiger partial charge on any atom is -0.390 e. The van der Waals surface area contributed by atoms with E-state index in [9.17, 15) is 32.7 Å². The number of fused-ring (bicyclic) bond motifs is 2. The Hall–Kier alpha value is -6.22. The highest BCUT2D eigenvalue weighted by Gasteiger charge is 2.50. The number of allylic oxidation sites excluding steroid dienone is 2. The van der Waals surface area contributed by atoms with Crippen LogP contribution in [0.2, 0.25) is 0 Å². The van der Waals surface area contributed by atoms with Crippen molar-refractivity contribution < 1.29 is 66.3 Å². The van der Waals surface area contributed by atoms with E-state index in [0.717, 1.165) is 14.7 Å². The van der Waals surface area contributed by atoms with Crippen LogP contribution in [0.25, 0.3) is 0 Å². The molecule has 97 heavy (non-hydrogen) atoms. The summed E-state index contributed by atoms with van der Waals surface area (Å²) in [5.41, 5.74) is 0. The number of sulfone groups is 1. The average Bonchev–Trinajstić information content (AvgIpc) is 1.76. The van der Waals surface area contributed by atoms with Gasteiger partial charge in [0.25, 0.3) is 0 Å². The van der Waals surface area contributed by atoms with Crippen LogP contribution in [0.15, 0.2) is 12.2 Å². The van der Waals surface area contributed by atoms with Gasteiger partial charge in [-0.25, -0.2) is 8.42 Å². The van der Waals surface area contributed by atoms with Crippen molar-refractivity contribution in [2.45, 2.75) is 260 Å². The van der Waals surface area contributed by atoms with Crippen LogP contribution in [-0.2, 0) is 62.6 Å². The van der Waals surface area contributed by atoms with E-state index in [2.05, 4.69) is 16.0 Å². The minimum absolute atomic E-state index is 0.00848. The summed E-state index contributed by atoms with van der Waals surface area (Å²) in [6.07, 6.45) is 2.34. The van der Waals surface area contributed by atoms with Gasteiger partial charge >= 0.3 is 0 Å². The van der Waals surface area contributed by atoms with Gasteiger partial charge in [-0.2, -0.15) is 0 Å². The number of aliphatic hydroxyl groups excluding tert-OH is 1. The van der Waals surface area contributed by atoms with Crippen LogP contribution in [-0.4, -0.2) is 281 Å². The molecule has 0 aromatic heterocycles. The van der Waals surface area contributed by atoms with Gasteiger partial charge in [0.1, 0.15) is 66.5 Å². The highest BCUT2D eigenvalue weighted by molar-refractivity contribution is 7.92. The molecular weight excluding hydrogens is 1260 g/mol. The van der Waals surface area contributed by atoms with Crippen molar-refractivity contribution in [2.75, 3.05) is 74.7 Å². The lowest BCUT2D eigenvalue weighted by molar-refractivity contribution is -0.157. The molecule has 1 unspecified atom stereocenters. The smallest absolute Gasteiger partial charge is 0.246 e. The molecule has 2 rings (SSSR count). The zero-order chi connectivity index (χ0) is 75.1. The van der Waals surface area contributed by atoms with Crippen LogP contribution in [0, 0.1) is 35.5 Å². The molecule has 2 saturated heterocycles. The van der Waals surface area contributed by atoms with Crippen LogP contribution in [0.4, 0.5) is 0 Å². The molecular formula is C70H126N12O14S. The molecule has 0 aromatic rings. The molecule has 2 bridgehead atoms. The van der Waals surface area contributed by atoms with E-state index in [1.807, 2.05) is 46.4 Å². The monoisotopic (exact) mass is 1390 g/mol. The standard InChI is InChI=1S/C70H126N12O14S/c1-28-32-33-45(15)58(83)57-61(86)72-49(29-2)63(88)78(25)54(38-97(95,96)70(19,20)39-81(30-3)31-4)66(91)74(21)50(34-40(5)6)60(85)73-55(43(11)12)68(93)77(24)53-37-46(16)82(67(53)92)48(18)59(84)71-47(17)62(87)75(22)51(35-41(7)8)64(89)76(23)52(36-42(9)10)65(90)79(26)56(44(13)14)69(94)80(57)27/h28,32,40-58,83H,29-31,33-39H2,1-27H3,(H,71,84)(H,72,86)(H,73,85)/b32-28+/t45-,46?,47-,48+,49+,50+,51+,52+,53+,54-,55+,56+,57+,58-/m1/s1. The molecule has 0 spiro atoms. The number of rotatable bonds is 20. The fourth-order valence-corrected chi connectivity index (χ4v) is 14.8. The zero-order valence-electron chi connectivity index (χ0n) is 63.9. The second kappa shape index (κ2) is 37.3. The summed E-state index contributed by atoms with van der Waals surface area (Å²) >= 11 is 0. The quantitative estimate of drug-likeness (QED) is 0.127. The van der Waals surface area contributed by atoms with Gasteiger partial charge in [-0.1, -0.05) is 109 Å². The Bertz CT molecular complexity index is 2880. The summed E-state index contributed by atoms with van der Waals surface area (Å²) in [4.78, 5) is 177. The number of hydrogen-bond acceptors (Lipinski definition) is 15. The van der Waals surface area contributed by atoms with E-state index in [-0.39, 0.29) is 62.8 Å². The SMILES string of the molecule is C/C=C/C[C@@H](C)[C@@H](O)[C@H]1C(=O)N[C@@H](CC)C(=O)N(C)[C@H](CS(=O)(=O)C(C)(C)CN(CC)CC)C(=O)N(C)[C@@H](CC(C)C)C(=O)N[C@@H](C(C)C)C(=O)N(C)[C@H]2CC(C)N(C2=O)[C@@H](C)C(=O)N[C@H](C)C(=O)N(C)[C@@H](CC(C)C)C(=O)N(C)[C@@H](CC(C)C)C(=O)N(C)[C@@H](C(C)C)C(=O)N1C. The highest BCUT2D eigenvalue weighted by Crippen LogP contribution is 2.30. The Morgan fingerprint density at radius 3 is 1.45 bits per heavy atom. The van der Waals surface area contributed by atoms with Gasteiger partial charge < -0.3 is 65.2 Å². The predicted molar refractivity (Wildman–Crippen MR) is 376 cm³/mol. The Kier molecular flexibility index (Phi) is 33.4. The predicted octanol–water partition coefficient (Wildman–Crippen LogP) is 3.63. The minimum atomic E-state index is -4.39. The topological polar surface area (TPSA) is 307 Å². The molecule has 2 heterocycles. The first-order valence-electron chi connectivity index (χ1n) is 35.0. The average molecular weight is 1390 g/mol. The number of carbonyl (C=O) groups is 11. The number of amides is 11. The summed E-state index contributed by atoms with van der Waals surface area (Å²) < 4.78 is 28.5. The van der Waals surface area contributed by atoms with Crippen molar-refractivity contribution in [1.82, 2.24) is 60.0 Å². The number of carbonyl (C=O) groups excluding carboxylic acids is 11. The van der Waals surface area contributed by atoms with Gasteiger partial charge in [0.05, 0.1) is 16.6 Å². The first-order chi connectivity index (χ1) is 44.7. The molecule has 0 aliphatic carbocycles. The van der Waals surface area contributed by atoms with Gasteiger partial charge in [0, 0.05) is 61.9 Å². The number of aliphatic hydroxyl groups is 1. The van der Waals surface area contributed by atoms with Crippen molar-refractivity contribution in [3.8, 4) is 0 Å². The van der Waals surface area contributed by atoms with Crippen molar-refractivity contribution in [1.29, 1.82) is 0 Å². The van der Waals surface area contributed by atoms with Crippen LogP contribution in [0.1, 0.15) is 177 Å². The lowest BCUT2D eigenvalue weighted by Gasteiger charge is -2.42. The largest absolute Gasteiger partial charge is 0.390 e. The molecule has 556 valence electrons. The second-order valence-corrected chi connectivity index (χ2v) is 32.6. The van der Waals surface area contributed by atoms with Crippen molar-refractivity contribution >= 4 is 74.8 Å². The number of hydrogen-bond donors (Lipinski definition) is 4.